The Bertz CT molecular complexity index is 804. The lowest BCUT2D eigenvalue weighted by Crippen LogP contribution is -2.26. The van der Waals surface area contributed by atoms with Gasteiger partial charge in [-0.25, -0.2) is 4.98 Å². The molecule has 150 valence electrons. The van der Waals surface area contributed by atoms with Gasteiger partial charge in [0.25, 0.3) is 5.91 Å². The zero-order valence-electron chi connectivity index (χ0n) is 17.4. The third-order valence-corrected chi connectivity index (χ3v) is 4.98. The van der Waals surface area contributed by atoms with Gasteiger partial charge in [-0.1, -0.05) is 19.9 Å². The minimum atomic E-state index is -0.00357. The van der Waals surface area contributed by atoms with E-state index < -0.39 is 0 Å². The lowest BCUT2D eigenvalue weighted by Gasteiger charge is -2.18. The molecular formula is C22H31N5O. The second kappa shape index (κ2) is 9.15. The van der Waals surface area contributed by atoms with Crippen molar-refractivity contribution >= 4 is 11.7 Å². The van der Waals surface area contributed by atoms with Gasteiger partial charge in [-0.05, 0) is 36.1 Å². The van der Waals surface area contributed by atoms with Crippen LogP contribution in [0.15, 0.2) is 30.5 Å². The van der Waals surface area contributed by atoms with Gasteiger partial charge in [0.05, 0.1) is 11.3 Å². The molecule has 0 atom stereocenters. The minimum absolute atomic E-state index is 0.00357. The summed E-state index contributed by atoms with van der Waals surface area (Å²) < 4.78 is 0. The van der Waals surface area contributed by atoms with Gasteiger partial charge in [-0.3, -0.25) is 14.7 Å². The van der Waals surface area contributed by atoms with Crippen molar-refractivity contribution in [2.75, 3.05) is 39.0 Å². The average Bonchev–Trinajstić information content (AvgIpc) is 2.87. The summed E-state index contributed by atoms with van der Waals surface area (Å²) in [7, 11) is 3.57. The smallest absolute Gasteiger partial charge is 0.257 e. The SMILES string of the molecule is CC(C)CNc1nc2c(cc1C(=O)N(C)C)CCN(Cc1ccccn1)CC2. The van der Waals surface area contributed by atoms with Crippen LogP contribution in [0.25, 0.3) is 0 Å². The van der Waals surface area contributed by atoms with E-state index in [1.807, 2.05) is 18.3 Å². The third kappa shape index (κ3) is 5.07. The topological polar surface area (TPSA) is 61.4 Å². The van der Waals surface area contributed by atoms with Crippen molar-refractivity contribution in [2.24, 2.45) is 5.92 Å². The summed E-state index contributed by atoms with van der Waals surface area (Å²) in [6, 6.07) is 8.10. The van der Waals surface area contributed by atoms with E-state index in [9.17, 15) is 4.79 Å². The van der Waals surface area contributed by atoms with Crippen molar-refractivity contribution in [3.05, 3.63) is 53.0 Å². The predicted molar refractivity (Wildman–Crippen MR) is 113 cm³/mol. The monoisotopic (exact) mass is 381 g/mol. The predicted octanol–water partition coefficient (Wildman–Crippen LogP) is 2.85. The normalized spacial score (nSPS) is 14.5. The van der Waals surface area contributed by atoms with Crippen LogP contribution in [0.1, 0.15) is 41.2 Å². The second-order valence-corrected chi connectivity index (χ2v) is 8.06. The highest BCUT2D eigenvalue weighted by molar-refractivity contribution is 5.98. The number of nitrogens with one attached hydrogen (secondary N) is 1. The number of aromatic nitrogens is 2. The number of fused-ring (bicyclic) bond motifs is 1. The molecule has 0 fully saturated rings. The highest BCUT2D eigenvalue weighted by atomic mass is 16.2. The molecule has 1 aliphatic rings. The lowest BCUT2D eigenvalue weighted by atomic mass is 10.0. The zero-order valence-corrected chi connectivity index (χ0v) is 17.4. The van der Waals surface area contributed by atoms with Gasteiger partial charge in [0.2, 0.25) is 0 Å². The first-order valence-electron chi connectivity index (χ1n) is 10.0. The molecule has 2 aromatic rings. The van der Waals surface area contributed by atoms with Gasteiger partial charge in [0, 0.05) is 58.6 Å². The van der Waals surface area contributed by atoms with Gasteiger partial charge in [-0.2, -0.15) is 0 Å². The van der Waals surface area contributed by atoms with Crippen molar-refractivity contribution in [3.63, 3.8) is 0 Å². The Kier molecular flexibility index (Phi) is 6.62. The van der Waals surface area contributed by atoms with Crippen molar-refractivity contribution in [2.45, 2.75) is 33.2 Å². The number of amides is 1. The van der Waals surface area contributed by atoms with Crippen LogP contribution in [0, 0.1) is 5.92 Å². The van der Waals surface area contributed by atoms with Crippen molar-refractivity contribution in [3.8, 4) is 0 Å². The highest BCUT2D eigenvalue weighted by Gasteiger charge is 2.22. The summed E-state index contributed by atoms with van der Waals surface area (Å²) in [4.78, 5) is 26.1. The number of rotatable bonds is 6. The number of carbonyl (C=O) groups excluding carboxylic acids is 1. The molecule has 0 saturated carbocycles. The Hall–Kier alpha value is -2.47. The van der Waals surface area contributed by atoms with Crippen LogP contribution in [-0.2, 0) is 19.4 Å². The molecule has 0 aliphatic carbocycles. The van der Waals surface area contributed by atoms with E-state index in [4.69, 9.17) is 4.98 Å². The molecule has 3 rings (SSSR count). The second-order valence-electron chi connectivity index (χ2n) is 8.06. The van der Waals surface area contributed by atoms with Crippen LogP contribution in [0.3, 0.4) is 0 Å². The molecule has 3 heterocycles. The van der Waals surface area contributed by atoms with Crippen molar-refractivity contribution in [1.82, 2.24) is 19.8 Å². The Labute approximate surface area is 168 Å². The average molecular weight is 382 g/mol. The quantitative estimate of drug-likeness (QED) is 0.834. The first-order chi connectivity index (χ1) is 13.4. The summed E-state index contributed by atoms with van der Waals surface area (Å²) in [5.41, 5.74) is 4.04. The number of nitrogens with zero attached hydrogens (tertiary/aromatic N) is 4. The van der Waals surface area contributed by atoms with E-state index in [2.05, 4.69) is 41.2 Å². The third-order valence-electron chi connectivity index (χ3n) is 4.98. The van der Waals surface area contributed by atoms with Crippen LogP contribution in [0.2, 0.25) is 0 Å². The van der Waals surface area contributed by atoms with Crippen LogP contribution in [-0.4, -0.2) is 59.4 Å². The Morgan fingerprint density at radius 3 is 2.71 bits per heavy atom. The summed E-state index contributed by atoms with van der Waals surface area (Å²) in [5.74, 6) is 1.19. The highest BCUT2D eigenvalue weighted by Crippen LogP contribution is 2.23. The van der Waals surface area contributed by atoms with E-state index in [-0.39, 0.29) is 5.91 Å². The molecule has 1 amide bonds. The molecule has 28 heavy (non-hydrogen) atoms. The summed E-state index contributed by atoms with van der Waals surface area (Å²) in [5, 5.41) is 3.39. The molecule has 1 N–H and O–H groups in total. The maximum absolute atomic E-state index is 12.7. The molecule has 6 nitrogen and oxygen atoms in total. The molecule has 2 aromatic heterocycles. The molecule has 1 aliphatic heterocycles. The molecule has 6 heteroatoms. The number of hydrogen-bond acceptors (Lipinski definition) is 5. The maximum atomic E-state index is 12.7. The molecule has 0 bridgehead atoms. The Balaban J connectivity index is 1.81. The molecule has 0 spiro atoms. The molecule has 0 unspecified atom stereocenters. The molecular weight excluding hydrogens is 350 g/mol. The maximum Gasteiger partial charge on any atom is 0.257 e. The van der Waals surface area contributed by atoms with Crippen LogP contribution < -0.4 is 5.32 Å². The molecule has 0 radical (unpaired) electrons. The van der Waals surface area contributed by atoms with E-state index in [1.165, 1.54) is 5.56 Å². The Morgan fingerprint density at radius 1 is 1.25 bits per heavy atom. The van der Waals surface area contributed by atoms with Gasteiger partial charge < -0.3 is 10.2 Å². The molecule has 0 aromatic carbocycles. The summed E-state index contributed by atoms with van der Waals surface area (Å²) in [6.45, 7) is 7.83. The summed E-state index contributed by atoms with van der Waals surface area (Å²) >= 11 is 0. The van der Waals surface area contributed by atoms with E-state index in [0.717, 1.165) is 50.4 Å². The fourth-order valence-corrected chi connectivity index (χ4v) is 3.40. The fraction of sp³-hybridized carbons (Fsp3) is 0.500. The summed E-state index contributed by atoms with van der Waals surface area (Å²) in [6.07, 6.45) is 3.62. The van der Waals surface area contributed by atoms with Crippen LogP contribution >= 0.6 is 0 Å². The van der Waals surface area contributed by atoms with Gasteiger partial charge >= 0.3 is 0 Å². The van der Waals surface area contributed by atoms with E-state index in [0.29, 0.717) is 17.3 Å². The van der Waals surface area contributed by atoms with E-state index in [1.54, 1.807) is 19.0 Å². The van der Waals surface area contributed by atoms with Crippen LogP contribution in [0.5, 0.6) is 0 Å². The number of anilines is 1. The van der Waals surface area contributed by atoms with Gasteiger partial charge in [0.1, 0.15) is 5.82 Å². The minimum Gasteiger partial charge on any atom is -0.369 e. The van der Waals surface area contributed by atoms with Crippen molar-refractivity contribution < 1.29 is 4.79 Å². The van der Waals surface area contributed by atoms with Gasteiger partial charge in [0.15, 0.2) is 0 Å². The lowest BCUT2D eigenvalue weighted by molar-refractivity contribution is 0.0828. The first kappa shape index (κ1) is 20.3. The largest absolute Gasteiger partial charge is 0.369 e. The first-order valence-corrected chi connectivity index (χ1v) is 10.0. The number of carbonyl (C=O) groups is 1. The van der Waals surface area contributed by atoms with Crippen molar-refractivity contribution in [1.29, 1.82) is 0 Å². The molecule has 0 saturated heterocycles. The van der Waals surface area contributed by atoms with Crippen LogP contribution in [0.4, 0.5) is 5.82 Å². The zero-order chi connectivity index (χ0) is 20.1. The van der Waals surface area contributed by atoms with Gasteiger partial charge in [-0.15, -0.1) is 0 Å². The number of pyridine rings is 2. The number of hydrogen-bond donors (Lipinski definition) is 1. The standard InChI is InChI=1S/C22H31N5O/c1-16(2)14-24-21-19(22(28)26(3)4)13-17-8-11-27(12-9-20(17)25-21)15-18-7-5-6-10-23-18/h5-7,10,13,16H,8-9,11-12,14-15H2,1-4H3,(H,24,25). The Morgan fingerprint density at radius 2 is 2.04 bits per heavy atom. The van der Waals surface area contributed by atoms with E-state index >= 15 is 0 Å². The fourth-order valence-electron chi connectivity index (χ4n) is 3.40.